The lowest BCUT2D eigenvalue weighted by Crippen LogP contribution is -2.31. The highest BCUT2D eigenvalue weighted by molar-refractivity contribution is 7.17. The maximum Gasteiger partial charge on any atom is 0.229 e. The van der Waals surface area contributed by atoms with Crippen molar-refractivity contribution in [1.29, 1.82) is 0 Å². The quantitative estimate of drug-likeness (QED) is 0.451. The molecule has 0 fully saturated rings. The van der Waals surface area contributed by atoms with Gasteiger partial charge >= 0.3 is 0 Å². The molecular formula is C7H3NO3S. The third-order valence-electron chi connectivity index (χ3n) is 1.65. The lowest BCUT2D eigenvalue weighted by molar-refractivity contribution is 0.301. The Morgan fingerprint density at radius 3 is 2.67 bits per heavy atom. The number of fused-ring (bicyclic) bond motifs is 1. The molecule has 1 aromatic carbocycles. The Hall–Kier alpha value is -1.49. The molecule has 0 aliphatic heterocycles. The van der Waals surface area contributed by atoms with Crippen LogP contribution in [0.5, 0.6) is 0 Å². The van der Waals surface area contributed by atoms with Crippen molar-refractivity contribution in [1.82, 2.24) is 0 Å². The van der Waals surface area contributed by atoms with Gasteiger partial charge in [-0.05, 0) is 11.4 Å². The highest BCUT2D eigenvalue weighted by Crippen LogP contribution is 2.10. The van der Waals surface area contributed by atoms with Crippen LogP contribution in [0.1, 0.15) is 0 Å². The van der Waals surface area contributed by atoms with Crippen LogP contribution >= 0.6 is 11.3 Å². The van der Waals surface area contributed by atoms with Gasteiger partial charge in [0.1, 0.15) is 0 Å². The van der Waals surface area contributed by atoms with Crippen LogP contribution in [0.2, 0.25) is 0 Å². The van der Waals surface area contributed by atoms with E-state index in [9.17, 15) is 9.59 Å². The zero-order chi connectivity index (χ0) is 8.72. The van der Waals surface area contributed by atoms with Gasteiger partial charge in [0.2, 0.25) is 10.9 Å². The SMILES string of the molecule is O=c1/c(=N\O)c(=O)c2sccc12. The predicted octanol–water partition coefficient (Wildman–Crippen LogP) is -0.213. The Morgan fingerprint density at radius 2 is 2.08 bits per heavy atom. The van der Waals surface area contributed by atoms with Crippen molar-refractivity contribution >= 4 is 21.4 Å². The van der Waals surface area contributed by atoms with Gasteiger partial charge in [-0.2, -0.15) is 0 Å². The van der Waals surface area contributed by atoms with Gasteiger partial charge in [0.15, 0.2) is 5.36 Å². The van der Waals surface area contributed by atoms with Crippen molar-refractivity contribution in [3.05, 3.63) is 37.3 Å². The summed E-state index contributed by atoms with van der Waals surface area (Å²) in [5, 5.41) is 12.6. The molecule has 0 amide bonds. The summed E-state index contributed by atoms with van der Waals surface area (Å²) in [4.78, 5) is 22.4. The molecule has 0 saturated heterocycles. The van der Waals surface area contributed by atoms with Crippen LogP contribution < -0.4 is 16.2 Å². The van der Waals surface area contributed by atoms with Gasteiger partial charge in [0.05, 0.1) is 4.70 Å². The fourth-order valence-corrected chi connectivity index (χ4v) is 1.92. The number of hydrogen-bond donors (Lipinski definition) is 1. The van der Waals surface area contributed by atoms with Crippen molar-refractivity contribution in [3.63, 3.8) is 0 Å². The third kappa shape index (κ3) is 0.683. The van der Waals surface area contributed by atoms with Gasteiger partial charge < -0.3 is 5.21 Å². The van der Waals surface area contributed by atoms with Crippen molar-refractivity contribution < 1.29 is 5.21 Å². The van der Waals surface area contributed by atoms with Gasteiger partial charge in [-0.15, -0.1) is 11.3 Å². The fraction of sp³-hybridized carbons (Fsp3) is 0. The van der Waals surface area contributed by atoms with Crippen LogP contribution in [-0.2, 0) is 0 Å². The van der Waals surface area contributed by atoms with Crippen molar-refractivity contribution in [2.45, 2.75) is 0 Å². The molecule has 0 bridgehead atoms. The van der Waals surface area contributed by atoms with Crippen molar-refractivity contribution in [2.24, 2.45) is 5.16 Å². The topological polar surface area (TPSA) is 66.7 Å². The molecule has 2 rings (SSSR count). The molecule has 2 aromatic rings. The molecule has 0 unspecified atom stereocenters. The first-order chi connectivity index (χ1) is 5.75. The molecule has 12 heavy (non-hydrogen) atoms. The lowest BCUT2D eigenvalue weighted by atomic mass is 10.4. The molecule has 4 nitrogen and oxygen atoms in total. The van der Waals surface area contributed by atoms with Crippen LogP contribution in [0.4, 0.5) is 0 Å². The minimum Gasteiger partial charge on any atom is -0.410 e. The summed E-state index contributed by atoms with van der Waals surface area (Å²) in [6.07, 6.45) is 0. The molecule has 0 aliphatic carbocycles. The molecule has 0 aliphatic rings. The first kappa shape index (κ1) is 7.17. The smallest absolute Gasteiger partial charge is 0.229 e. The molecule has 5 heteroatoms. The summed E-state index contributed by atoms with van der Waals surface area (Å²) in [7, 11) is 0. The standard InChI is InChI=1S/C7H3NO3S/c9-5-3-1-2-12-7(3)6(10)4(5)8-11/h1-2,11H/b8-4+. The van der Waals surface area contributed by atoms with Gasteiger partial charge in [0.25, 0.3) is 0 Å². The fourth-order valence-electron chi connectivity index (χ4n) is 1.09. The van der Waals surface area contributed by atoms with Gasteiger partial charge in [0, 0.05) is 5.39 Å². The summed E-state index contributed by atoms with van der Waals surface area (Å²) in [5.74, 6) is 0. The van der Waals surface area contributed by atoms with E-state index in [4.69, 9.17) is 5.21 Å². The van der Waals surface area contributed by atoms with E-state index in [2.05, 4.69) is 5.16 Å². The van der Waals surface area contributed by atoms with E-state index in [1.807, 2.05) is 0 Å². The van der Waals surface area contributed by atoms with E-state index in [0.717, 1.165) is 0 Å². The number of hydrogen-bond acceptors (Lipinski definition) is 5. The largest absolute Gasteiger partial charge is 0.410 e. The molecule has 60 valence electrons. The van der Waals surface area contributed by atoms with E-state index < -0.39 is 10.9 Å². The van der Waals surface area contributed by atoms with E-state index >= 15 is 0 Å². The van der Waals surface area contributed by atoms with Crippen LogP contribution in [0.3, 0.4) is 0 Å². The third-order valence-corrected chi connectivity index (χ3v) is 2.56. The monoisotopic (exact) mass is 181 g/mol. The first-order valence-corrected chi connectivity index (χ1v) is 4.02. The zero-order valence-electron chi connectivity index (χ0n) is 5.77. The molecule has 1 N–H and O–H groups in total. The normalized spacial score (nSPS) is 12.8. The van der Waals surface area contributed by atoms with Crippen molar-refractivity contribution in [3.8, 4) is 0 Å². The Kier molecular flexibility index (Phi) is 1.34. The zero-order valence-corrected chi connectivity index (χ0v) is 6.59. The number of nitrogens with zero attached hydrogens (tertiary/aromatic N) is 1. The second-order valence-corrected chi connectivity index (χ2v) is 3.19. The van der Waals surface area contributed by atoms with Crippen molar-refractivity contribution in [2.75, 3.05) is 0 Å². The average molecular weight is 181 g/mol. The highest BCUT2D eigenvalue weighted by Gasteiger charge is 2.11. The maximum absolute atomic E-state index is 11.2. The Bertz CT molecular complexity index is 528. The second-order valence-electron chi connectivity index (χ2n) is 2.27. The first-order valence-electron chi connectivity index (χ1n) is 3.14. The minimum absolute atomic E-state index is 0.345. The molecule has 0 spiro atoms. The summed E-state index contributed by atoms with van der Waals surface area (Å²) in [6.45, 7) is 0. The van der Waals surface area contributed by atoms with E-state index in [0.29, 0.717) is 10.1 Å². The van der Waals surface area contributed by atoms with Crippen LogP contribution in [0, 0.1) is 0 Å². The van der Waals surface area contributed by atoms with E-state index in [1.165, 1.54) is 11.3 Å². The Labute approximate surface area is 69.7 Å². The molecule has 0 saturated carbocycles. The van der Waals surface area contributed by atoms with Crippen LogP contribution in [-0.4, -0.2) is 5.21 Å². The Morgan fingerprint density at radius 1 is 1.33 bits per heavy atom. The maximum atomic E-state index is 11.2. The van der Waals surface area contributed by atoms with E-state index in [1.54, 1.807) is 11.4 Å². The molecule has 0 atom stereocenters. The second kappa shape index (κ2) is 2.25. The Balaban J connectivity index is 3.30. The molecule has 0 radical (unpaired) electrons. The summed E-state index contributed by atoms with van der Waals surface area (Å²) in [6, 6.07) is 1.55. The van der Waals surface area contributed by atoms with Gasteiger partial charge in [-0.25, -0.2) is 0 Å². The van der Waals surface area contributed by atoms with Crippen LogP contribution in [0.25, 0.3) is 10.1 Å². The summed E-state index contributed by atoms with van der Waals surface area (Å²) < 4.78 is 0.368. The minimum atomic E-state index is -0.487. The number of thiophene rings is 1. The van der Waals surface area contributed by atoms with Gasteiger partial charge in [-0.1, -0.05) is 5.16 Å². The van der Waals surface area contributed by atoms with Gasteiger partial charge in [-0.3, -0.25) is 9.59 Å². The van der Waals surface area contributed by atoms with Crippen LogP contribution in [0.15, 0.2) is 26.2 Å². The molecular weight excluding hydrogens is 178 g/mol. The average Bonchev–Trinajstić information content (AvgIpc) is 2.58. The summed E-state index contributed by atoms with van der Waals surface area (Å²) >= 11 is 1.18. The van der Waals surface area contributed by atoms with E-state index in [-0.39, 0.29) is 5.36 Å². The number of rotatable bonds is 0. The summed E-state index contributed by atoms with van der Waals surface area (Å²) in [5.41, 5.74) is -0.966. The molecule has 1 heterocycles. The highest BCUT2D eigenvalue weighted by atomic mass is 32.1. The predicted molar refractivity (Wildman–Crippen MR) is 44.1 cm³/mol. The molecule has 1 aromatic heterocycles. The lowest BCUT2D eigenvalue weighted by Gasteiger charge is -1.65.